The van der Waals surface area contributed by atoms with Crippen molar-refractivity contribution >= 4 is 18.0 Å². The van der Waals surface area contributed by atoms with Gasteiger partial charge >= 0.3 is 12.1 Å². The molecule has 2 aliphatic heterocycles. The van der Waals surface area contributed by atoms with Crippen LogP contribution >= 0.6 is 0 Å². The molecule has 13 heteroatoms. The Morgan fingerprint density at radius 3 is 2.47 bits per heavy atom. The number of aromatic nitrogens is 2. The first kappa shape index (κ1) is 33.6. The van der Waals surface area contributed by atoms with Gasteiger partial charge in [0.2, 0.25) is 18.0 Å². The number of nitrogens with one attached hydrogen (secondary N) is 1. The fourth-order valence-electron chi connectivity index (χ4n) is 6.22. The van der Waals surface area contributed by atoms with Crippen molar-refractivity contribution in [1.82, 2.24) is 20.0 Å². The van der Waals surface area contributed by atoms with E-state index in [0.29, 0.717) is 24.9 Å². The van der Waals surface area contributed by atoms with Gasteiger partial charge < -0.3 is 24.4 Å². The van der Waals surface area contributed by atoms with Crippen molar-refractivity contribution in [2.45, 2.75) is 77.1 Å². The highest BCUT2D eigenvalue weighted by molar-refractivity contribution is 5.96. The Kier molecular flexibility index (Phi) is 9.64. The van der Waals surface area contributed by atoms with Crippen molar-refractivity contribution in [3.63, 3.8) is 0 Å². The summed E-state index contributed by atoms with van der Waals surface area (Å²) < 4.78 is 47.7. The molecule has 1 N–H and O–H groups in total. The summed E-state index contributed by atoms with van der Waals surface area (Å²) in [6.45, 7) is 8.07. The molecule has 0 bridgehead atoms. The van der Waals surface area contributed by atoms with Crippen LogP contribution in [0.4, 0.5) is 13.6 Å². The quantitative estimate of drug-likeness (QED) is 0.254. The number of benzene rings is 2. The van der Waals surface area contributed by atoms with Gasteiger partial charge in [-0.3, -0.25) is 14.3 Å². The second-order valence-electron chi connectivity index (χ2n) is 13.0. The maximum Gasteiger partial charge on any atom is 0.408 e. The zero-order valence-electron chi connectivity index (χ0n) is 26.9. The number of hydrogen-bond donors (Lipinski definition) is 1. The van der Waals surface area contributed by atoms with Gasteiger partial charge in [-0.25, -0.2) is 18.4 Å². The van der Waals surface area contributed by atoms with Crippen molar-refractivity contribution in [2.24, 2.45) is 5.92 Å². The Balaban J connectivity index is 1.50. The third kappa shape index (κ3) is 6.98. The lowest BCUT2D eigenvalue weighted by Crippen LogP contribution is -2.51. The number of amides is 2. The highest BCUT2D eigenvalue weighted by atomic mass is 19.2. The summed E-state index contributed by atoms with van der Waals surface area (Å²) in [5.41, 5.74) is -0.995. The number of ether oxygens (including phenoxy) is 3. The topological polar surface area (TPSA) is 129 Å². The van der Waals surface area contributed by atoms with E-state index < -0.39 is 77.2 Å². The van der Waals surface area contributed by atoms with E-state index in [1.54, 1.807) is 69.9 Å². The minimum Gasteiger partial charge on any atom is -0.451 e. The fourth-order valence-corrected chi connectivity index (χ4v) is 6.22. The van der Waals surface area contributed by atoms with Crippen LogP contribution in [-0.2, 0) is 14.3 Å². The molecule has 3 heterocycles. The van der Waals surface area contributed by atoms with Crippen LogP contribution in [0.1, 0.15) is 81.0 Å². The second kappa shape index (κ2) is 13.5. The van der Waals surface area contributed by atoms with E-state index in [2.05, 4.69) is 10.4 Å². The third-order valence-corrected chi connectivity index (χ3v) is 8.22. The van der Waals surface area contributed by atoms with Gasteiger partial charge in [0.05, 0.1) is 18.3 Å². The summed E-state index contributed by atoms with van der Waals surface area (Å²) in [7, 11) is 0. The molecule has 0 radical (unpaired) electrons. The molecule has 0 saturated carbocycles. The van der Waals surface area contributed by atoms with E-state index >= 15 is 4.39 Å². The first-order valence-electron chi connectivity index (χ1n) is 15.5. The maximum atomic E-state index is 15.5. The number of carbonyl (C=O) groups excluding carboxylic acids is 3. The Morgan fingerprint density at radius 2 is 1.79 bits per heavy atom. The van der Waals surface area contributed by atoms with E-state index in [1.165, 1.54) is 16.8 Å². The lowest BCUT2D eigenvalue weighted by atomic mass is 9.79. The SMILES string of the molecule is CC(C)[C@H](NC(=O)OC(C)(C)C)C(=O)OCOc1c2n(ncc1=O)[C@@H]([C@H](c1ccccc1)c1cccc(F)c1F)[C@H]1CCCN1C2=O. The second-order valence-corrected chi connectivity index (χ2v) is 13.0. The Bertz CT molecular complexity index is 1710. The number of carbonyl (C=O) groups is 3. The molecule has 5 rings (SSSR count). The van der Waals surface area contributed by atoms with Crippen molar-refractivity contribution in [3.05, 3.63) is 93.4 Å². The van der Waals surface area contributed by atoms with Crippen molar-refractivity contribution in [2.75, 3.05) is 13.3 Å². The van der Waals surface area contributed by atoms with Gasteiger partial charge in [0.25, 0.3) is 5.91 Å². The third-order valence-electron chi connectivity index (χ3n) is 8.22. The molecule has 250 valence electrons. The molecule has 1 aromatic heterocycles. The highest BCUT2D eigenvalue weighted by Gasteiger charge is 2.49. The smallest absolute Gasteiger partial charge is 0.408 e. The normalized spacial score (nSPS) is 18.6. The van der Waals surface area contributed by atoms with Crippen molar-refractivity contribution in [1.29, 1.82) is 0 Å². The summed E-state index contributed by atoms with van der Waals surface area (Å²) in [5, 5.41) is 6.83. The molecule has 2 aromatic carbocycles. The number of rotatable bonds is 9. The number of halogens is 2. The molecule has 0 aliphatic carbocycles. The predicted octanol–water partition coefficient (Wildman–Crippen LogP) is 4.94. The summed E-state index contributed by atoms with van der Waals surface area (Å²) >= 11 is 0. The minimum atomic E-state index is -1.09. The first-order chi connectivity index (χ1) is 22.3. The van der Waals surface area contributed by atoms with E-state index in [1.807, 2.05) is 0 Å². The van der Waals surface area contributed by atoms with Crippen LogP contribution in [0.15, 0.2) is 59.5 Å². The largest absolute Gasteiger partial charge is 0.451 e. The highest BCUT2D eigenvalue weighted by Crippen LogP contribution is 2.46. The van der Waals surface area contributed by atoms with Crippen LogP contribution in [0.3, 0.4) is 0 Å². The van der Waals surface area contributed by atoms with Crippen LogP contribution < -0.4 is 15.5 Å². The number of nitrogens with zero attached hydrogens (tertiary/aromatic N) is 3. The summed E-state index contributed by atoms with van der Waals surface area (Å²) in [6.07, 6.45) is 1.39. The summed E-state index contributed by atoms with van der Waals surface area (Å²) in [5.74, 6) is -5.00. The molecule has 1 saturated heterocycles. The molecule has 3 aromatic rings. The predicted molar refractivity (Wildman–Crippen MR) is 166 cm³/mol. The van der Waals surface area contributed by atoms with Crippen LogP contribution in [0.2, 0.25) is 0 Å². The van der Waals surface area contributed by atoms with E-state index in [0.717, 1.165) is 12.3 Å². The van der Waals surface area contributed by atoms with Gasteiger partial charge in [-0.2, -0.15) is 5.10 Å². The van der Waals surface area contributed by atoms with Crippen LogP contribution in [0.5, 0.6) is 5.75 Å². The molecule has 1 fully saturated rings. The minimum absolute atomic E-state index is 0.0717. The number of fused-ring (bicyclic) bond motifs is 2. The van der Waals surface area contributed by atoms with Crippen LogP contribution in [-0.4, -0.2) is 63.7 Å². The Labute approximate surface area is 270 Å². The molecule has 0 spiro atoms. The van der Waals surface area contributed by atoms with Crippen molar-refractivity contribution < 1.29 is 37.4 Å². The molecular formula is C34H38F2N4O7. The summed E-state index contributed by atoms with van der Waals surface area (Å²) in [6, 6.07) is 10.6. The molecule has 0 unspecified atom stereocenters. The molecule has 47 heavy (non-hydrogen) atoms. The standard InChI is InChI=1S/C34H38F2N4O7/c1-19(2)27(38-33(44)47-34(3,4)5)32(43)46-18-45-30-24(41)17-37-40-28(23-15-10-16-39(23)31(42)29(30)40)25(20-11-7-6-8-12-20)21-13-9-14-22(35)26(21)36/h6-9,11-14,17,19,23,25,27-28H,10,15-16,18H2,1-5H3,(H,38,44)/t23-,25-,27+,28-/m1/s1. The number of alkyl carbamates (subject to hydrolysis) is 1. The average molecular weight is 653 g/mol. The number of hydrogen-bond acceptors (Lipinski definition) is 8. The molecule has 2 amide bonds. The number of esters is 1. The fraction of sp³-hybridized carbons (Fsp3) is 0.441. The molecule has 2 aliphatic rings. The van der Waals surface area contributed by atoms with Crippen molar-refractivity contribution in [3.8, 4) is 5.75 Å². The van der Waals surface area contributed by atoms with Gasteiger partial charge in [0.1, 0.15) is 11.6 Å². The molecule has 4 atom stereocenters. The zero-order chi connectivity index (χ0) is 34.0. The van der Waals surface area contributed by atoms with Gasteiger partial charge in [0, 0.05) is 18.0 Å². The zero-order valence-corrected chi connectivity index (χ0v) is 26.9. The van der Waals surface area contributed by atoms with E-state index in [9.17, 15) is 23.6 Å². The van der Waals surface area contributed by atoms with Crippen LogP contribution in [0, 0.1) is 17.6 Å². The Morgan fingerprint density at radius 1 is 1.06 bits per heavy atom. The van der Waals surface area contributed by atoms with Gasteiger partial charge in [0.15, 0.2) is 17.3 Å². The monoisotopic (exact) mass is 652 g/mol. The Hall–Kier alpha value is -4.81. The summed E-state index contributed by atoms with van der Waals surface area (Å²) in [4.78, 5) is 53.9. The lowest BCUT2D eigenvalue weighted by Gasteiger charge is -2.42. The maximum absolute atomic E-state index is 15.5. The van der Waals surface area contributed by atoms with Gasteiger partial charge in [-0.15, -0.1) is 0 Å². The average Bonchev–Trinajstić information content (AvgIpc) is 3.50. The van der Waals surface area contributed by atoms with Crippen LogP contribution in [0.25, 0.3) is 0 Å². The van der Waals surface area contributed by atoms with E-state index in [4.69, 9.17) is 14.2 Å². The van der Waals surface area contributed by atoms with Gasteiger partial charge in [-0.05, 0) is 51.2 Å². The molecular weight excluding hydrogens is 614 g/mol. The van der Waals surface area contributed by atoms with Gasteiger partial charge in [-0.1, -0.05) is 56.3 Å². The first-order valence-corrected chi connectivity index (χ1v) is 15.5. The molecule has 11 nitrogen and oxygen atoms in total. The lowest BCUT2D eigenvalue weighted by molar-refractivity contribution is -0.154. The van der Waals surface area contributed by atoms with E-state index in [-0.39, 0.29) is 17.2 Å².